The Morgan fingerprint density at radius 3 is 2.61 bits per heavy atom. The van der Waals surface area contributed by atoms with E-state index in [4.69, 9.17) is 10.2 Å². The number of halogens is 2. The van der Waals surface area contributed by atoms with Crippen LogP contribution in [-0.4, -0.2) is 34.7 Å². The molecule has 0 bridgehead atoms. The minimum absolute atomic E-state index is 0.164. The molecule has 1 atom stereocenters. The third-order valence-electron chi connectivity index (χ3n) is 2.18. The van der Waals surface area contributed by atoms with E-state index in [-0.39, 0.29) is 13.0 Å². The summed E-state index contributed by atoms with van der Waals surface area (Å²) in [6, 6.07) is 3.15. The number of carboxylic acid groups (broad SMARTS) is 1. The van der Waals surface area contributed by atoms with Gasteiger partial charge in [-0.25, -0.2) is 13.6 Å². The maximum Gasteiger partial charge on any atom is 0.332 e. The molecule has 1 amide bonds. The van der Waals surface area contributed by atoms with Crippen LogP contribution in [0, 0.1) is 11.6 Å². The van der Waals surface area contributed by atoms with Crippen molar-refractivity contribution in [1.29, 1.82) is 0 Å². The highest BCUT2D eigenvalue weighted by molar-refractivity contribution is 5.94. The van der Waals surface area contributed by atoms with Crippen LogP contribution in [0.5, 0.6) is 0 Å². The van der Waals surface area contributed by atoms with Gasteiger partial charge in [0.15, 0.2) is 17.7 Å². The Balaban J connectivity index is 2.56. The Morgan fingerprint density at radius 1 is 1.33 bits per heavy atom. The maximum absolute atomic E-state index is 13.2. The zero-order valence-electron chi connectivity index (χ0n) is 9.19. The normalized spacial score (nSPS) is 11.9. The number of carbonyl (C=O) groups is 2. The van der Waals surface area contributed by atoms with Crippen molar-refractivity contribution in [3.8, 4) is 0 Å². The van der Waals surface area contributed by atoms with E-state index in [1.165, 1.54) is 6.07 Å². The summed E-state index contributed by atoms with van der Waals surface area (Å²) in [5.41, 5.74) is -0.472. The van der Waals surface area contributed by atoms with Crippen LogP contribution in [0.15, 0.2) is 18.2 Å². The van der Waals surface area contributed by atoms with Crippen LogP contribution in [0.1, 0.15) is 16.8 Å². The van der Waals surface area contributed by atoms with Gasteiger partial charge in [0, 0.05) is 13.0 Å². The van der Waals surface area contributed by atoms with Crippen molar-refractivity contribution in [3.63, 3.8) is 0 Å². The fraction of sp³-hybridized carbons (Fsp3) is 0.273. The highest BCUT2D eigenvalue weighted by atomic mass is 19.2. The third kappa shape index (κ3) is 3.49. The van der Waals surface area contributed by atoms with Crippen molar-refractivity contribution in [1.82, 2.24) is 5.32 Å². The van der Waals surface area contributed by atoms with Gasteiger partial charge in [-0.15, -0.1) is 0 Å². The van der Waals surface area contributed by atoms with Crippen LogP contribution < -0.4 is 5.32 Å². The molecule has 0 saturated carbocycles. The summed E-state index contributed by atoms with van der Waals surface area (Å²) in [5, 5.41) is 19.5. The van der Waals surface area contributed by atoms with Gasteiger partial charge in [-0.05, 0) is 12.1 Å². The Morgan fingerprint density at radius 2 is 2.00 bits per heavy atom. The van der Waals surface area contributed by atoms with E-state index in [9.17, 15) is 18.4 Å². The van der Waals surface area contributed by atoms with Crippen LogP contribution in [-0.2, 0) is 4.79 Å². The van der Waals surface area contributed by atoms with Gasteiger partial charge in [-0.2, -0.15) is 0 Å². The van der Waals surface area contributed by atoms with E-state index in [1.807, 2.05) is 0 Å². The van der Waals surface area contributed by atoms with Gasteiger partial charge in [0.2, 0.25) is 0 Å². The number of aliphatic carboxylic acids is 1. The van der Waals surface area contributed by atoms with E-state index in [0.29, 0.717) is 0 Å². The molecular weight excluding hydrogens is 248 g/mol. The molecule has 0 aliphatic rings. The van der Waals surface area contributed by atoms with Gasteiger partial charge >= 0.3 is 5.97 Å². The van der Waals surface area contributed by atoms with E-state index >= 15 is 0 Å². The number of benzene rings is 1. The fourth-order valence-corrected chi connectivity index (χ4v) is 1.22. The summed E-state index contributed by atoms with van der Waals surface area (Å²) in [4.78, 5) is 21.7. The lowest BCUT2D eigenvalue weighted by Gasteiger charge is -2.08. The second-order valence-electron chi connectivity index (χ2n) is 3.50. The lowest BCUT2D eigenvalue weighted by atomic mass is 10.2. The lowest BCUT2D eigenvalue weighted by Crippen LogP contribution is -2.30. The number of hydrogen-bond donors (Lipinski definition) is 3. The van der Waals surface area contributed by atoms with E-state index in [0.717, 1.165) is 12.1 Å². The minimum Gasteiger partial charge on any atom is -0.479 e. The average Bonchev–Trinajstić information content (AvgIpc) is 2.32. The van der Waals surface area contributed by atoms with Gasteiger partial charge in [0.25, 0.3) is 5.91 Å². The summed E-state index contributed by atoms with van der Waals surface area (Å²) < 4.78 is 26.0. The number of amides is 1. The van der Waals surface area contributed by atoms with Gasteiger partial charge in [-0.3, -0.25) is 4.79 Å². The molecule has 0 aromatic heterocycles. The Kier molecular flexibility index (Phi) is 4.73. The predicted octanol–water partition coefficient (Wildman–Crippen LogP) is 0.530. The van der Waals surface area contributed by atoms with Gasteiger partial charge in [0.05, 0.1) is 5.56 Å². The number of carbonyl (C=O) groups excluding carboxylic acids is 1. The van der Waals surface area contributed by atoms with Crippen molar-refractivity contribution in [2.24, 2.45) is 0 Å². The summed E-state index contributed by atoms with van der Waals surface area (Å²) in [6.07, 6.45) is -1.83. The number of aliphatic hydroxyl groups is 1. The van der Waals surface area contributed by atoms with Crippen LogP contribution in [0.4, 0.5) is 8.78 Å². The quantitative estimate of drug-likeness (QED) is 0.720. The first-order chi connectivity index (χ1) is 8.43. The summed E-state index contributed by atoms with van der Waals surface area (Å²) in [5.74, 6) is -4.70. The minimum atomic E-state index is -1.61. The molecule has 18 heavy (non-hydrogen) atoms. The first kappa shape index (κ1) is 14.0. The molecule has 0 heterocycles. The largest absolute Gasteiger partial charge is 0.479 e. The average molecular weight is 259 g/mol. The smallest absolute Gasteiger partial charge is 0.332 e. The van der Waals surface area contributed by atoms with Crippen molar-refractivity contribution in [2.75, 3.05) is 6.54 Å². The fourth-order valence-electron chi connectivity index (χ4n) is 1.22. The van der Waals surface area contributed by atoms with Gasteiger partial charge in [-0.1, -0.05) is 6.07 Å². The summed E-state index contributed by atoms with van der Waals surface area (Å²) in [6.45, 7) is -0.164. The maximum atomic E-state index is 13.2. The Labute approximate surface area is 101 Å². The molecule has 0 saturated heterocycles. The van der Waals surface area contributed by atoms with Gasteiger partial charge in [0.1, 0.15) is 0 Å². The van der Waals surface area contributed by atoms with E-state index < -0.39 is 35.2 Å². The molecule has 0 fully saturated rings. The summed E-state index contributed by atoms with van der Waals surface area (Å²) in [7, 11) is 0. The molecule has 0 unspecified atom stereocenters. The zero-order chi connectivity index (χ0) is 13.7. The monoisotopic (exact) mass is 259 g/mol. The molecule has 0 spiro atoms. The number of aliphatic hydroxyl groups excluding tert-OH is 1. The topological polar surface area (TPSA) is 86.6 Å². The lowest BCUT2D eigenvalue weighted by molar-refractivity contribution is -0.146. The number of rotatable bonds is 5. The molecule has 98 valence electrons. The molecule has 0 aliphatic carbocycles. The van der Waals surface area contributed by atoms with Crippen molar-refractivity contribution in [3.05, 3.63) is 35.4 Å². The zero-order valence-corrected chi connectivity index (χ0v) is 9.19. The molecule has 5 nitrogen and oxygen atoms in total. The molecule has 1 aromatic carbocycles. The van der Waals surface area contributed by atoms with Crippen molar-refractivity contribution < 1.29 is 28.6 Å². The predicted molar refractivity (Wildman–Crippen MR) is 57.0 cm³/mol. The number of carboxylic acids is 1. The van der Waals surface area contributed by atoms with Crippen LogP contribution in [0.2, 0.25) is 0 Å². The van der Waals surface area contributed by atoms with Crippen LogP contribution in [0.3, 0.4) is 0 Å². The van der Waals surface area contributed by atoms with Crippen LogP contribution >= 0.6 is 0 Å². The second-order valence-corrected chi connectivity index (χ2v) is 3.50. The highest BCUT2D eigenvalue weighted by Gasteiger charge is 2.16. The number of hydrogen-bond acceptors (Lipinski definition) is 3. The molecular formula is C11H11F2NO4. The van der Waals surface area contributed by atoms with Crippen molar-refractivity contribution >= 4 is 11.9 Å². The molecule has 0 aliphatic heterocycles. The Hall–Kier alpha value is -2.02. The first-order valence-electron chi connectivity index (χ1n) is 5.06. The highest BCUT2D eigenvalue weighted by Crippen LogP contribution is 2.10. The molecule has 3 N–H and O–H groups in total. The standard InChI is InChI=1S/C11H11F2NO4/c12-7-3-1-2-6(9(7)13)10(16)14-5-4-8(15)11(17)18/h1-3,8,15H,4-5H2,(H,14,16)(H,17,18)/t8-/m0/s1. The molecule has 1 aromatic rings. The second kappa shape index (κ2) is 6.06. The van der Waals surface area contributed by atoms with E-state index in [2.05, 4.69) is 5.32 Å². The SMILES string of the molecule is O=C(NCC[C@H](O)C(=O)O)c1cccc(F)c1F. The number of nitrogens with one attached hydrogen (secondary N) is 1. The first-order valence-corrected chi connectivity index (χ1v) is 5.06. The van der Waals surface area contributed by atoms with E-state index in [1.54, 1.807) is 0 Å². The Bertz CT molecular complexity index is 464. The van der Waals surface area contributed by atoms with Crippen molar-refractivity contribution in [2.45, 2.75) is 12.5 Å². The van der Waals surface area contributed by atoms with Crippen LogP contribution in [0.25, 0.3) is 0 Å². The summed E-state index contributed by atoms with van der Waals surface area (Å²) >= 11 is 0. The molecule has 1 rings (SSSR count). The third-order valence-corrected chi connectivity index (χ3v) is 2.18. The molecule has 7 heteroatoms. The molecule has 0 radical (unpaired) electrons. The van der Waals surface area contributed by atoms with Gasteiger partial charge < -0.3 is 15.5 Å².